The average molecular weight is 144 g/mol. The minimum absolute atomic E-state index is 0.00116. The van der Waals surface area contributed by atoms with E-state index in [1.165, 1.54) is 0 Å². The van der Waals surface area contributed by atoms with Gasteiger partial charge >= 0.3 is 0 Å². The van der Waals surface area contributed by atoms with Gasteiger partial charge in [0, 0.05) is 0 Å². The molecular formula is C2H8N8. The summed E-state index contributed by atoms with van der Waals surface area (Å²) in [6.07, 6.45) is -0.0961. The number of hydrazine groups is 4. The summed E-state index contributed by atoms with van der Waals surface area (Å²) in [5, 5.41) is 7.35. The first-order valence-electron chi connectivity index (χ1n) is 2.88. The van der Waals surface area contributed by atoms with Crippen LogP contribution in [0.1, 0.15) is 0 Å². The first kappa shape index (κ1) is 5.95. The average Bonchev–Trinajstić information content (AvgIpc) is 2.59. The molecule has 8 heteroatoms. The number of hydrogen-bond donors (Lipinski definition) is 6. The molecule has 0 radical (unpaired) electrons. The molecule has 0 bridgehead atoms. The van der Waals surface area contributed by atoms with Crippen molar-refractivity contribution in [1.29, 1.82) is 0 Å². The van der Waals surface area contributed by atoms with Crippen molar-refractivity contribution in [2.24, 2.45) is 10.3 Å². The Balaban J connectivity index is 1.91. The molecule has 0 amide bonds. The highest BCUT2D eigenvalue weighted by atomic mass is 15.8. The summed E-state index contributed by atoms with van der Waals surface area (Å²) in [7, 11) is 0. The Hall–Kier alpha value is -0.800. The Morgan fingerprint density at radius 1 is 1.00 bits per heavy atom. The Kier molecular flexibility index (Phi) is 1.45. The molecule has 10 heavy (non-hydrogen) atoms. The van der Waals surface area contributed by atoms with Gasteiger partial charge < -0.3 is 0 Å². The number of nitrogens with one attached hydrogen (secondary N) is 6. The molecule has 2 rings (SSSR count). The van der Waals surface area contributed by atoms with Gasteiger partial charge in [0.05, 0.1) is 0 Å². The molecule has 0 aromatic rings. The highest BCUT2D eigenvalue weighted by Crippen LogP contribution is 1.95. The summed E-state index contributed by atoms with van der Waals surface area (Å²) in [6.45, 7) is 0. The van der Waals surface area contributed by atoms with Gasteiger partial charge in [0.1, 0.15) is 6.17 Å². The Bertz CT molecular complexity index is 136. The van der Waals surface area contributed by atoms with E-state index in [2.05, 4.69) is 43.2 Å². The number of hydrogen-bond acceptors (Lipinski definition) is 8. The van der Waals surface area contributed by atoms with Gasteiger partial charge in [0.15, 0.2) is 6.17 Å². The predicted octanol–water partition coefficient (Wildman–Crippen LogP) is -2.77. The molecule has 1 atom stereocenters. The molecule has 2 aliphatic rings. The SMILES string of the molecule is N1=NC(C2NNNN2)NN1. The van der Waals surface area contributed by atoms with Crippen molar-refractivity contribution in [2.45, 2.75) is 12.3 Å². The van der Waals surface area contributed by atoms with E-state index < -0.39 is 0 Å². The number of nitrogens with zero attached hydrogens (tertiary/aromatic N) is 2. The third kappa shape index (κ3) is 0.936. The summed E-state index contributed by atoms with van der Waals surface area (Å²) < 4.78 is 0. The molecule has 6 N–H and O–H groups in total. The largest absolute Gasteiger partial charge is 0.222 e. The first-order chi connectivity index (χ1) is 4.97. The molecular weight excluding hydrogens is 136 g/mol. The molecule has 2 heterocycles. The molecule has 0 spiro atoms. The van der Waals surface area contributed by atoms with Crippen LogP contribution in [0.3, 0.4) is 0 Å². The minimum atomic E-state index is -0.0949. The Labute approximate surface area is 56.7 Å². The van der Waals surface area contributed by atoms with Gasteiger partial charge in [0.25, 0.3) is 0 Å². The third-order valence-electron chi connectivity index (χ3n) is 1.28. The lowest BCUT2D eigenvalue weighted by Crippen LogP contribution is -2.50. The zero-order valence-electron chi connectivity index (χ0n) is 5.05. The molecule has 1 fully saturated rings. The lowest BCUT2D eigenvalue weighted by atomic mass is 10.4. The van der Waals surface area contributed by atoms with E-state index in [4.69, 9.17) is 0 Å². The predicted molar refractivity (Wildman–Crippen MR) is 31.2 cm³/mol. The van der Waals surface area contributed by atoms with Crippen LogP contribution in [0.5, 0.6) is 0 Å². The van der Waals surface area contributed by atoms with Crippen molar-refractivity contribution in [1.82, 2.24) is 32.9 Å². The van der Waals surface area contributed by atoms with Crippen LogP contribution in [0, 0.1) is 0 Å². The molecule has 8 nitrogen and oxygen atoms in total. The maximum absolute atomic E-state index is 3.82. The fourth-order valence-corrected chi connectivity index (χ4v) is 0.787. The number of rotatable bonds is 1. The van der Waals surface area contributed by atoms with Crippen molar-refractivity contribution in [3.63, 3.8) is 0 Å². The van der Waals surface area contributed by atoms with Crippen molar-refractivity contribution in [2.75, 3.05) is 0 Å². The van der Waals surface area contributed by atoms with Crippen molar-refractivity contribution < 1.29 is 0 Å². The highest BCUT2D eigenvalue weighted by Gasteiger charge is 2.25. The lowest BCUT2D eigenvalue weighted by Gasteiger charge is -2.11. The van der Waals surface area contributed by atoms with Gasteiger partial charge in [-0.3, -0.25) is 0 Å². The monoisotopic (exact) mass is 144 g/mol. The summed E-state index contributed by atoms with van der Waals surface area (Å²) in [5.74, 6) is 0. The second-order valence-corrected chi connectivity index (χ2v) is 1.93. The summed E-state index contributed by atoms with van der Waals surface area (Å²) in [5.41, 5.74) is 16.4. The molecule has 2 aliphatic heterocycles. The van der Waals surface area contributed by atoms with Gasteiger partial charge in [-0.05, 0) is 0 Å². The van der Waals surface area contributed by atoms with Crippen molar-refractivity contribution >= 4 is 0 Å². The lowest BCUT2D eigenvalue weighted by molar-refractivity contribution is 0.380. The molecule has 56 valence electrons. The minimum Gasteiger partial charge on any atom is -0.222 e. The van der Waals surface area contributed by atoms with E-state index in [1.54, 1.807) is 0 Å². The van der Waals surface area contributed by atoms with E-state index in [9.17, 15) is 0 Å². The van der Waals surface area contributed by atoms with Crippen LogP contribution >= 0.6 is 0 Å². The fourth-order valence-electron chi connectivity index (χ4n) is 0.787. The first-order valence-corrected chi connectivity index (χ1v) is 2.88. The zero-order valence-corrected chi connectivity index (χ0v) is 5.05. The van der Waals surface area contributed by atoms with E-state index in [1.807, 2.05) is 0 Å². The maximum atomic E-state index is 3.82. The van der Waals surface area contributed by atoms with E-state index in [-0.39, 0.29) is 12.3 Å². The summed E-state index contributed by atoms with van der Waals surface area (Å²) in [4.78, 5) is 0. The van der Waals surface area contributed by atoms with Crippen LogP contribution in [-0.4, -0.2) is 12.3 Å². The molecule has 1 unspecified atom stereocenters. The smallest absolute Gasteiger partial charge is 0.171 e. The van der Waals surface area contributed by atoms with Crippen LogP contribution in [0.4, 0.5) is 0 Å². The molecule has 1 saturated heterocycles. The van der Waals surface area contributed by atoms with Gasteiger partial charge in [-0.15, -0.1) is 5.11 Å². The van der Waals surface area contributed by atoms with Gasteiger partial charge in [-0.25, -0.2) is 16.4 Å². The summed E-state index contributed by atoms with van der Waals surface area (Å²) in [6, 6.07) is 0. The normalized spacial score (nSPS) is 33.0. The summed E-state index contributed by atoms with van der Waals surface area (Å²) >= 11 is 0. The third-order valence-corrected chi connectivity index (χ3v) is 1.28. The molecule has 0 aliphatic carbocycles. The Morgan fingerprint density at radius 3 is 2.40 bits per heavy atom. The van der Waals surface area contributed by atoms with Crippen LogP contribution < -0.4 is 32.9 Å². The fraction of sp³-hybridized carbons (Fsp3) is 1.00. The van der Waals surface area contributed by atoms with E-state index in [0.717, 1.165) is 0 Å². The van der Waals surface area contributed by atoms with E-state index >= 15 is 0 Å². The van der Waals surface area contributed by atoms with Crippen LogP contribution in [0.2, 0.25) is 0 Å². The quantitative estimate of drug-likeness (QED) is 0.238. The maximum Gasteiger partial charge on any atom is 0.171 e. The van der Waals surface area contributed by atoms with Crippen molar-refractivity contribution in [3.8, 4) is 0 Å². The van der Waals surface area contributed by atoms with E-state index in [0.29, 0.717) is 0 Å². The zero-order chi connectivity index (χ0) is 6.81. The van der Waals surface area contributed by atoms with Gasteiger partial charge in [-0.2, -0.15) is 16.5 Å². The molecule has 0 saturated carbocycles. The Morgan fingerprint density at radius 2 is 1.80 bits per heavy atom. The van der Waals surface area contributed by atoms with Crippen LogP contribution in [0.15, 0.2) is 10.3 Å². The second-order valence-electron chi connectivity index (χ2n) is 1.93. The second kappa shape index (κ2) is 2.44. The molecule has 0 aromatic heterocycles. The van der Waals surface area contributed by atoms with Crippen molar-refractivity contribution in [3.05, 3.63) is 0 Å². The van der Waals surface area contributed by atoms with Crippen LogP contribution in [-0.2, 0) is 0 Å². The van der Waals surface area contributed by atoms with Crippen LogP contribution in [0.25, 0.3) is 0 Å². The van der Waals surface area contributed by atoms with Gasteiger partial charge in [0.2, 0.25) is 0 Å². The highest BCUT2D eigenvalue weighted by molar-refractivity contribution is 4.76. The standard InChI is InChI=1S/C2H8N8/c3-1(4-8-7-3)2-5-9-10-6-2/h1-4,7-8H,(H,5,10)(H,6,9). The van der Waals surface area contributed by atoms with Gasteiger partial charge in [-0.1, -0.05) is 5.22 Å². The molecule has 0 aromatic carbocycles. The topological polar surface area (TPSA) is 96.9 Å².